The first-order valence-electron chi connectivity index (χ1n) is 6.98. The Labute approximate surface area is 110 Å². The number of aromatic nitrogens is 2. The fourth-order valence-electron chi connectivity index (χ4n) is 2.37. The van der Waals surface area contributed by atoms with E-state index in [1.807, 2.05) is 6.20 Å². The van der Waals surface area contributed by atoms with Crippen LogP contribution in [0, 0.1) is 0 Å². The summed E-state index contributed by atoms with van der Waals surface area (Å²) < 4.78 is 0. The van der Waals surface area contributed by atoms with Crippen molar-refractivity contribution in [2.45, 2.75) is 52.0 Å². The van der Waals surface area contributed by atoms with Gasteiger partial charge >= 0.3 is 0 Å². The normalized spacial score (nSPS) is 17.5. The second-order valence-corrected chi connectivity index (χ2v) is 5.39. The Morgan fingerprint density at radius 1 is 1.39 bits per heavy atom. The van der Waals surface area contributed by atoms with Crippen molar-refractivity contribution in [3.05, 3.63) is 17.7 Å². The highest BCUT2D eigenvalue weighted by Gasteiger charge is 2.19. The Kier molecular flexibility index (Phi) is 4.17. The summed E-state index contributed by atoms with van der Waals surface area (Å²) in [5.41, 5.74) is 8.32. The van der Waals surface area contributed by atoms with E-state index < -0.39 is 0 Å². The predicted molar refractivity (Wildman–Crippen MR) is 74.9 cm³/mol. The lowest BCUT2D eigenvalue weighted by Crippen LogP contribution is -2.40. The van der Waals surface area contributed by atoms with Crippen molar-refractivity contribution < 1.29 is 0 Å². The molecular formula is C14H24N4. The van der Waals surface area contributed by atoms with Gasteiger partial charge < -0.3 is 10.6 Å². The molecular weight excluding hydrogens is 224 g/mol. The lowest BCUT2D eigenvalue weighted by atomic mass is 10.1. The van der Waals surface area contributed by atoms with Gasteiger partial charge in [0.15, 0.2) is 0 Å². The molecule has 4 heteroatoms. The van der Waals surface area contributed by atoms with Crippen LogP contribution in [0.3, 0.4) is 0 Å². The molecule has 18 heavy (non-hydrogen) atoms. The maximum Gasteiger partial charge on any atom is 0.131 e. The van der Waals surface area contributed by atoms with E-state index in [0.717, 1.165) is 38.2 Å². The minimum atomic E-state index is 0.363. The monoisotopic (exact) mass is 248 g/mol. The molecule has 4 nitrogen and oxygen atoms in total. The summed E-state index contributed by atoms with van der Waals surface area (Å²) in [4.78, 5) is 11.6. The van der Waals surface area contributed by atoms with Gasteiger partial charge in [-0.2, -0.15) is 0 Å². The summed E-state index contributed by atoms with van der Waals surface area (Å²) >= 11 is 0. The molecule has 1 fully saturated rings. The highest BCUT2D eigenvalue weighted by Crippen LogP contribution is 2.23. The minimum absolute atomic E-state index is 0.363. The molecule has 1 aromatic rings. The largest absolute Gasteiger partial charge is 0.369 e. The van der Waals surface area contributed by atoms with E-state index in [1.54, 1.807) is 0 Å². The van der Waals surface area contributed by atoms with Gasteiger partial charge in [-0.3, -0.25) is 0 Å². The summed E-state index contributed by atoms with van der Waals surface area (Å²) in [6, 6.07) is 0.363. The molecule has 0 atom stereocenters. The van der Waals surface area contributed by atoms with Crippen molar-refractivity contribution in [1.29, 1.82) is 0 Å². The van der Waals surface area contributed by atoms with Crippen LogP contribution in [0.25, 0.3) is 0 Å². The molecule has 100 valence electrons. The van der Waals surface area contributed by atoms with Gasteiger partial charge in [-0.25, -0.2) is 9.97 Å². The third-order valence-electron chi connectivity index (χ3n) is 3.60. The van der Waals surface area contributed by atoms with Crippen LogP contribution >= 0.6 is 0 Å². The van der Waals surface area contributed by atoms with Crippen LogP contribution in [0.4, 0.5) is 5.69 Å². The highest BCUT2D eigenvalue weighted by atomic mass is 15.2. The second-order valence-electron chi connectivity index (χ2n) is 5.39. The van der Waals surface area contributed by atoms with Gasteiger partial charge in [0.2, 0.25) is 0 Å². The van der Waals surface area contributed by atoms with E-state index in [2.05, 4.69) is 30.7 Å². The maximum atomic E-state index is 5.95. The molecule has 0 amide bonds. The lowest BCUT2D eigenvalue weighted by molar-refractivity contribution is 0.499. The van der Waals surface area contributed by atoms with Gasteiger partial charge in [-0.1, -0.05) is 20.8 Å². The number of hydrogen-bond acceptors (Lipinski definition) is 4. The van der Waals surface area contributed by atoms with E-state index in [-0.39, 0.29) is 0 Å². The van der Waals surface area contributed by atoms with E-state index in [0.29, 0.717) is 12.0 Å². The second kappa shape index (κ2) is 5.65. The Bertz CT molecular complexity index is 395. The number of hydrogen-bond donors (Lipinski definition) is 1. The van der Waals surface area contributed by atoms with Gasteiger partial charge in [0, 0.05) is 25.0 Å². The van der Waals surface area contributed by atoms with Crippen molar-refractivity contribution >= 4 is 5.69 Å². The van der Waals surface area contributed by atoms with Crippen molar-refractivity contribution in [2.24, 2.45) is 5.73 Å². The maximum absolute atomic E-state index is 5.95. The smallest absolute Gasteiger partial charge is 0.131 e. The third kappa shape index (κ3) is 2.80. The Hall–Kier alpha value is -1.16. The van der Waals surface area contributed by atoms with Gasteiger partial charge in [0.25, 0.3) is 0 Å². The summed E-state index contributed by atoms with van der Waals surface area (Å²) in [6.45, 7) is 8.48. The summed E-state index contributed by atoms with van der Waals surface area (Å²) in [7, 11) is 0. The SMILES string of the molecule is CCc1nc(C(C)C)ncc1N1CCC(N)CC1. The molecule has 1 aromatic heterocycles. The molecule has 0 bridgehead atoms. The standard InChI is InChI=1S/C14H24N4/c1-4-12-13(9-16-14(17-12)10(2)3)18-7-5-11(15)6-8-18/h9-11H,4-8,15H2,1-3H3. The predicted octanol–water partition coefficient (Wildman–Crippen LogP) is 2.09. The topological polar surface area (TPSA) is 55.0 Å². The first-order chi connectivity index (χ1) is 8.61. The average Bonchev–Trinajstić information content (AvgIpc) is 2.39. The molecule has 0 saturated carbocycles. The summed E-state index contributed by atoms with van der Waals surface area (Å²) in [6.07, 6.45) is 5.09. The van der Waals surface area contributed by atoms with Crippen LogP contribution in [-0.2, 0) is 6.42 Å². The van der Waals surface area contributed by atoms with Crippen LogP contribution in [0.2, 0.25) is 0 Å². The van der Waals surface area contributed by atoms with Crippen LogP contribution in [0.15, 0.2) is 6.20 Å². The van der Waals surface area contributed by atoms with Crippen LogP contribution in [0.5, 0.6) is 0 Å². The summed E-state index contributed by atoms with van der Waals surface area (Å²) in [5.74, 6) is 1.34. The van der Waals surface area contributed by atoms with Gasteiger partial charge in [-0.15, -0.1) is 0 Å². The van der Waals surface area contributed by atoms with E-state index in [9.17, 15) is 0 Å². The first kappa shape index (κ1) is 13.3. The number of nitrogens with zero attached hydrogens (tertiary/aromatic N) is 3. The zero-order chi connectivity index (χ0) is 13.1. The van der Waals surface area contributed by atoms with Crippen LogP contribution in [0.1, 0.15) is 51.0 Å². The number of nitrogens with two attached hydrogens (primary N) is 1. The van der Waals surface area contributed by atoms with Gasteiger partial charge in [0.05, 0.1) is 17.6 Å². The fraction of sp³-hybridized carbons (Fsp3) is 0.714. The molecule has 0 aliphatic carbocycles. The van der Waals surface area contributed by atoms with Crippen LogP contribution in [-0.4, -0.2) is 29.1 Å². The van der Waals surface area contributed by atoms with E-state index >= 15 is 0 Å². The van der Waals surface area contributed by atoms with Crippen molar-refractivity contribution in [3.63, 3.8) is 0 Å². The molecule has 0 unspecified atom stereocenters. The van der Waals surface area contributed by atoms with Crippen LogP contribution < -0.4 is 10.6 Å². The molecule has 0 spiro atoms. The number of piperidine rings is 1. The zero-order valence-corrected chi connectivity index (χ0v) is 11.7. The van der Waals surface area contributed by atoms with Crippen molar-refractivity contribution in [1.82, 2.24) is 9.97 Å². The molecule has 2 rings (SSSR count). The lowest BCUT2D eigenvalue weighted by Gasteiger charge is -2.32. The molecule has 1 aliphatic heterocycles. The molecule has 1 aliphatic rings. The van der Waals surface area contributed by atoms with E-state index in [1.165, 1.54) is 11.4 Å². The Balaban J connectivity index is 2.22. The number of rotatable bonds is 3. The van der Waals surface area contributed by atoms with Gasteiger partial charge in [0.1, 0.15) is 5.82 Å². The number of aryl methyl sites for hydroxylation is 1. The molecule has 0 radical (unpaired) electrons. The van der Waals surface area contributed by atoms with Crippen molar-refractivity contribution in [3.8, 4) is 0 Å². The summed E-state index contributed by atoms with van der Waals surface area (Å²) in [5, 5.41) is 0. The van der Waals surface area contributed by atoms with E-state index in [4.69, 9.17) is 10.7 Å². The average molecular weight is 248 g/mol. The molecule has 2 N–H and O–H groups in total. The Morgan fingerprint density at radius 2 is 2.06 bits per heavy atom. The third-order valence-corrected chi connectivity index (χ3v) is 3.60. The van der Waals surface area contributed by atoms with Crippen molar-refractivity contribution in [2.75, 3.05) is 18.0 Å². The zero-order valence-electron chi connectivity index (χ0n) is 11.7. The van der Waals surface area contributed by atoms with Gasteiger partial charge in [-0.05, 0) is 19.3 Å². The highest BCUT2D eigenvalue weighted by molar-refractivity contribution is 5.49. The fourth-order valence-corrected chi connectivity index (χ4v) is 2.37. The first-order valence-corrected chi connectivity index (χ1v) is 6.98. The number of anilines is 1. The quantitative estimate of drug-likeness (QED) is 0.890. The molecule has 0 aromatic carbocycles. The molecule has 2 heterocycles. The molecule has 1 saturated heterocycles. The minimum Gasteiger partial charge on any atom is -0.369 e. The Morgan fingerprint density at radius 3 is 2.61 bits per heavy atom.